The number of halogens is 1. The molecule has 6 rings (SSSR count). The van der Waals surface area contributed by atoms with E-state index >= 15 is 0 Å². The lowest BCUT2D eigenvalue weighted by Gasteiger charge is -2.13. The molecule has 10 heteroatoms. The lowest BCUT2D eigenvalue weighted by molar-refractivity contribution is 0.425. The number of hydrogen-bond acceptors (Lipinski definition) is 7. The zero-order valence-corrected chi connectivity index (χ0v) is 26.8. The van der Waals surface area contributed by atoms with Crippen LogP contribution in [0.25, 0.3) is 50.4 Å². The number of allylic oxidation sites excluding steroid dienone is 3. The van der Waals surface area contributed by atoms with Crippen LogP contribution >= 0.6 is 0 Å². The largest absolute Gasteiger partial charge is 0.384 e. The second-order valence-electron chi connectivity index (χ2n) is 12.2. The van der Waals surface area contributed by atoms with Crippen molar-refractivity contribution in [3.05, 3.63) is 84.5 Å². The van der Waals surface area contributed by atoms with Gasteiger partial charge in [-0.3, -0.25) is 5.10 Å². The van der Waals surface area contributed by atoms with E-state index in [2.05, 4.69) is 54.4 Å². The number of nitrogens with zero attached hydrogens (tertiary/aromatic N) is 5. The molecule has 238 valence electrons. The van der Waals surface area contributed by atoms with Crippen LogP contribution in [0.1, 0.15) is 38.3 Å². The zero-order chi connectivity index (χ0) is 32.0. The Balaban J connectivity index is 1.28. The normalized spacial score (nSPS) is 14.6. The monoisotopic (exact) mass is 619 g/mol. The van der Waals surface area contributed by atoms with Crippen LogP contribution in [-0.2, 0) is 0 Å². The number of H-pyrrole nitrogens is 2. The summed E-state index contributed by atoms with van der Waals surface area (Å²) >= 11 is 0. The van der Waals surface area contributed by atoms with E-state index < -0.39 is 0 Å². The molecular formula is C36H42FN9. The predicted octanol–water partition coefficient (Wildman–Crippen LogP) is 6.97. The number of imidazole rings is 1. The summed E-state index contributed by atoms with van der Waals surface area (Å²) in [6.07, 6.45) is 13.1. The molecule has 1 fully saturated rings. The number of likely N-dealkylation sites (N-methyl/N-ethyl adjacent to an activating group) is 1. The predicted molar refractivity (Wildman–Crippen MR) is 186 cm³/mol. The molecule has 0 aliphatic heterocycles. The fourth-order valence-electron chi connectivity index (χ4n) is 6.08. The van der Waals surface area contributed by atoms with Crippen molar-refractivity contribution in [1.82, 2.24) is 40.3 Å². The van der Waals surface area contributed by atoms with E-state index in [0.717, 1.165) is 64.7 Å². The third-order valence-electron chi connectivity index (χ3n) is 8.57. The van der Waals surface area contributed by atoms with Crippen LogP contribution in [0.2, 0.25) is 0 Å². The number of aromatic nitrogens is 6. The summed E-state index contributed by atoms with van der Waals surface area (Å²) < 4.78 is 14.7. The van der Waals surface area contributed by atoms with E-state index in [4.69, 9.17) is 9.97 Å². The van der Waals surface area contributed by atoms with Crippen molar-refractivity contribution < 1.29 is 4.39 Å². The molecule has 5 aromatic rings. The van der Waals surface area contributed by atoms with Crippen molar-refractivity contribution >= 4 is 33.5 Å². The van der Waals surface area contributed by atoms with Gasteiger partial charge in [0.05, 0.1) is 16.7 Å². The first kappa shape index (κ1) is 31.3. The molecule has 1 aromatic carbocycles. The smallest absolute Gasteiger partial charge is 0.178 e. The van der Waals surface area contributed by atoms with Gasteiger partial charge in [0.1, 0.15) is 11.3 Å². The van der Waals surface area contributed by atoms with Crippen LogP contribution in [0, 0.1) is 11.7 Å². The number of pyridine rings is 2. The molecule has 0 amide bonds. The van der Waals surface area contributed by atoms with Crippen molar-refractivity contribution in [3.8, 4) is 22.6 Å². The van der Waals surface area contributed by atoms with Crippen LogP contribution < -0.4 is 10.6 Å². The molecule has 4 aromatic heterocycles. The van der Waals surface area contributed by atoms with Gasteiger partial charge >= 0.3 is 0 Å². The van der Waals surface area contributed by atoms with Crippen LogP contribution in [0.4, 0.5) is 10.1 Å². The molecule has 0 radical (unpaired) electrons. The zero-order valence-electron chi connectivity index (χ0n) is 26.8. The van der Waals surface area contributed by atoms with E-state index in [1.165, 1.54) is 37.8 Å². The first-order chi connectivity index (χ1) is 22.4. The quantitative estimate of drug-likeness (QED) is 0.105. The lowest BCUT2D eigenvalue weighted by atomic mass is 10.0. The Morgan fingerprint density at radius 2 is 1.98 bits per heavy atom. The van der Waals surface area contributed by atoms with Crippen molar-refractivity contribution in [1.29, 1.82) is 0 Å². The maximum absolute atomic E-state index is 14.7. The summed E-state index contributed by atoms with van der Waals surface area (Å²) in [6, 6.07) is 10.8. The molecule has 0 atom stereocenters. The van der Waals surface area contributed by atoms with Crippen LogP contribution in [0.15, 0.2) is 73.0 Å². The third kappa shape index (κ3) is 7.08. The summed E-state index contributed by atoms with van der Waals surface area (Å²) in [5.41, 5.74) is 8.49. The first-order valence-electron chi connectivity index (χ1n) is 16.0. The van der Waals surface area contributed by atoms with Crippen molar-refractivity contribution in [2.24, 2.45) is 5.92 Å². The average Bonchev–Trinajstić information content (AvgIpc) is 3.81. The topological polar surface area (TPSA) is 110 Å². The Morgan fingerprint density at radius 1 is 1.13 bits per heavy atom. The van der Waals surface area contributed by atoms with Gasteiger partial charge in [-0.05, 0) is 106 Å². The number of fused-ring (bicyclic) bond motifs is 2. The molecule has 9 nitrogen and oxygen atoms in total. The van der Waals surface area contributed by atoms with Crippen molar-refractivity contribution in [2.75, 3.05) is 45.6 Å². The van der Waals surface area contributed by atoms with Gasteiger partial charge in [-0.1, -0.05) is 31.6 Å². The number of nitrogens with one attached hydrogen (secondary N) is 4. The molecule has 1 saturated carbocycles. The first-order valence-corrected chi connectivity index (χ1v) is 16.0. The lowest BCUT2D eigenvalue weighted by Crippen LogP contribution is -2.23. The van der Waals surface area contributed by atoms with Gasteiger partial charge in [0.2, 0.25) is 0 Å². The van der Waals surface area contributed by atoms with Gasteiger partial charge in [-0.25, -0.2) is 19.3 Å². The minimum absolute atomic E-state index is 0.317. The van der Waals surface area contributed by atoms with Gasteiger partial charge in [0, 0.05) is 37.1 Å². The molecule has 46 heavy (non-hydrogen) atoms. The van der Waals surface area contributed by atoms with Crippen LogP contribution in [0.3, 0.4) is 0 Å². The average molecular weight is 620 g/mol. The highest BCUT2D eigenvalue weighted by atomic mass is 19.1. The second kappa shape index (κ2) is 14.2. The third-order valence-corrected chi connectivity index (χ3v) is 8.57. The molecule has 0 spiro atoms. The minimum atomic E-state index is -0.317. The van der Waals surface area contributed by atoms with Gasteiger partial charge in [-0.15, -0.1) is 0 Å². The van der Waals surface area contributed by atoms with Crippen LogP contribution in [0.5, 0.6) is 0 Å². The number of rotatable bonds is 13. The number of hydrogen-bond donors (Lipinski definition) is 4. The number of benzene rings is 1. The molecule has 1 aliphatic rings. The van der Waals surface area contributed by atoms with Crippen molar-refractivity contribution in [2.45, 2.75) is 32.6 Å². The molecule has 0 saturated heterocycles. The fourth-order valence-corrected chi connectivity index (χ4v) is 6.08. The Hall–Kier alpha value is -4.67. The molecule has 1 aliphatic carbocycles. The maximum Gasteiger partial charge on any atom is 0.178 e. The summed E-state index contributed by atoms with van der Waals surface area (Å²) in [4.78, 5) is 19.8. The highest BCUT2D eigenvalue weighted by Gasteiger charge is 2.18. The maximum atomic E-state index is 14.7. The van der Waals surface area contributed by atoms with E-state index in [1.807, 2.05) is 51.4 Å². The van der Waals surface area contributed by atoms with Crippen molar-refractivity contribution in [3.63, 3.8) is 0 Å². The molecule has 0 unspecified atom stereocenters. The minimum Gasteiger partial charge on any atom is -0.384 e. The van der Waals surface area contributed by atoms with Gasteiger partial charge in [0.25, 0.3) is 0 Å². The summed E-state index contributed by atoms with van der Waals surface area (Å²) in [6.45, 7) is 9.42. The number of aromatic amines is 2. The highest BCUT2D eigenvalue weighted by molar-refractivity contribution is 5.95. The second-order valence-corrected chi connectivity index (χ2v) is 12.2. The van der Waals surface area contributed by atoms with Gasteiger partial charge in [0.15, 0.2) is 17.2 Å². The SMILES string of the molecule is C=C/C(=C\C(=C/C)c1ccc2[nH]nc(-c3nc4nccc(-c5cc(F)cc(NCCN(C)C)c5)c4[nH]3)c2n1)CNCC1CCCC1. The van der Waals surface area contributed by atoms with Gasteiger partial charge < -0.3 is 20.5 Å². The molecular weight excluding hydrogens is 577 g/mol. The number of anilines is 1. The Labute approximate surface area is 269 Å². The van der Waals surface area contributed by atoms with Gasteiger partial charge in [-0.2, -0.15) is 5.10 Å². The van der Waals surface area contributed by atoms with E-state index in [-0.39, 0.29) is 5.82 Å². The summed E-state index contributed by atoms with van der Waals surface area (Å²) in [5, 5.41) is 14.6. The fraction of sp³-hybridized carbons (Fsp3) is 0.333. The van der Waals surface area contributed by atoms with E-state index in [9.17, 15) is 4.39 Å². The molecule has 0 bridgehead atoms. The molecule has 4 heterocycles. The Morgan fingerprint density at radius 3 is 2.76 bits per heavy atom. The highest BCUT2D eigenvalue weighted by Crippen LogP contribution is 2.32. The van der Waals surface area contributed by atoms with E-state index in [0.29, 0.717) is 34.7 Å². The van der Waals surface area contributed by atoms with Crippen LogP contribution in [-0.4, -0.2) is 75.3 Å². The summed E-state index contributed by atoms with van der Waals surface area (Å²) in [7, 11) is 4.01. The molecule has 4 N–H and O–H groups in total. The Bertz CT molecular complexity index is 1890. The standard InChI is InChI=1S/C36H42FN9/c1-5-23(21-38-22-24-9-7-8-10-24)17-25(6-2)30-11-12-31-33(41-30)34(45-44-31)36-42-32-29(13-14-40-35(32)43-36)26-18-27(37)20-28(19-26)39-15-16-46(3)4/h5-6,11-14,17-20,24,38-39H,1,7-10,15-16,21-22H2,2-4H3,(H,44,45)(H,40,42,43)/b23-17+,25-6+. The Kier molecular flexibility index (Phi) is 9.65. The van der Waals surface area contributed by atoms with E-state index in [1.54, 1.807) is 6.20 Å². The summed E-state index contributed by atoms with van der Waals surface area (Å²) in [5.74, 6) is 0.997.